The summed E-state index contributed by atoms with van der Waals surface area (Å²) in [4.78, 5) is 12.2. The van der Waals surface area contributed by atoms with Gasteiger partial charge in [0.1, 0.15) is 0 Å². The van der Waals surface area contributed by atoms with E-state index in [9.17, 15) is 9.90 Å². The van der Waals surface area contributed by atoms with Gasteiger partial charge in [0, 0.05) is 24.7 Å². The summed E-state index contributed by atoms with van der Waals surface area (Å²) >= 11 is 0. The molecule has 0 unspecified atom stereocenters. The molecule has 3 rings (SSSR count). The van der Waals surface area contributed by atoms with Crippen LogP contribution in [0.1, 0.15) is 27.0 Å². The number of aliphatic hydroxyl groups is 1. The van der Waals surface area contributed by atoms with E-state index < -0.39 is 6.10 Å². The summed E-state index contributed by atoms with van der Waals surface area (Å²) in [5.74, 6) is -0.140. The Morgan fingerprint density at radius 1 is 1.22 bits per heavy atom. The number of nitrogens with one attached hydrogen (secondary N) is 2. The number of hydrogen-bond acceptors (Lipinski definition) is 3. The van der Waals surface area contributed by atoms with Gasteiger partial charge in [0.05, 0.1) is 6.10 Å². The van der Waals surface area contributed by atoms with Crippen molar-refractivity contribution in [3.63, 3.8) is 0 Å². The molecule has 1 heterocycles. The van der Waals surface area contributed by atoms with Crippen molar-refractivity contribution in [2.45, 2.75) is 32.0 Å². The van der Waals surface area contributed by atoms with E-state index in [-0.39, 0.29) is 18.5 Å². The fraction of sp³-hybridized carbons (Fsp3) is 0.316. The number of rotatable bonds is 4. The second kappa shape index (κ2) is 6.94. The Hall–Kier alpha value is -2.17. The molecule has 4 nitrogen and oxygen atoms in total. The molecule has 1 amide bonds. The number of aliphatic hydroxyl groups excluding tert-OH is 1. The number of carbonyl (C=O) groups is 1. The van der Waals surface area contributed by atoms with Gasteiger partial charge >= 0.3 is 0 Å². The van der Waals surface area contributed by atoms with Gasteiger partial charge in [-0.2, -0.15) is 0 Å². The van der Waals surface area contributed by atoms with E-state index in [1.54, 1.807) is 6.07 Å². The summed E-state index contributed by atoms with van der Waals surface area (Å²) in [6, 6.07) is 15.7. The maximum absolute atomic E-state index is 12.2. The minimum Gasteiger partial charge on any atom is -0.390 e. The van der Waals surface area contributed by atoms with Crippen molar-refractivity contribution in [1.82, 2.24) is 10.6 Å². The van der Waals surface area contributed by atoms with Gasteiger partial charge in [0.15, 0.2) is 0 Å². The zero-order valence-electron chi connectivity index (χ0n) is 13.3. The largest absolute Gasteiger partial charge is 0.390 e. The molecule has 3 N–H and O–H groups in total. The van der Waals surface area contributed by atoms with Crippen molar-refractivity contribution in [3.8, 4) is 0 Å². The molecular formula is C19H22N2O2. The molecule has 1 aliphatic rings. The zero-order chi connectivity index (χ0) is 16.2. The molecule has 0 saturated carbocycles. The predicted molar refractivity (Wildman–Crippen MR) is 90.3 cm³/mol. The molecule has 0 saturated heterocycles. The average Bonchev–Trinajstić information content (AvgIpc) is 2.59. The van der Waals surface area contributed by atoms with Crippen LogP contribution in [0.15, 0.2) is 48.5 Å². The van der Waals surface area contributed by atoms with Gasteiger partial charge in [0.2, 0.25) is 0 Å². The zero-order valence-corrected chi connectivity index (χ0v) is 13.3. The van der Waals surface area contributed by atoms with Crippen molar-refractivity contribution < 1.29 is 9.90 Å². The number of carbonyl (C=O) groups excluding carboxylic acids is 1. The van der Waals surface area contributed by atoms with Gasteiger partial charge in [-0.1, -0.05) is 42.5 Å². The predicted octanol–water partition coefficient (Wildman–Crippen LogP) is 1.80. The molecular weight excluding hydrogens is 288 g/mol. The summed E-state index contributed by atoms with van der Waals surface area (Å²) in [6.07, 6.45) is 0.161. The van der Waals surface area contributed by atoms with Crippen molar-refractivity contribution in [1.29, 1.82) is 0 Å². The first kappa shape index (κ1) is 15.7. The number of fused-ring (bicyclic) bond motifs is 1. The quantitative estimate of drug-likeness (QED) is 0.807. The third-order valence-electron chi connectivity index (χ3n) is 4.44. The minimum atomic E-state index is -0.615. The normalized spacial score (nSPS) is 18.1. The van der Waals surface area contributed by atoms with Crippen LogP contribution >= 0.6 is 0 Å². The number of aryl methyl sites for hydroxylation is 1. The molecule has 4 heteroatoms. The van der Waals surface area contributed by atoms with Gasteiger partial charge in [-0.15, -0.1) is 0 Å². The highest BCUT2D eigenvalue weighted by atomic mass is 16.3. The van der Waals surface area contributed by atoms with Gasteiger partial charge in [0.25, 0.3) is 5.91 Å². The fourth-order valence-corrected chi connectivity index (χ4v) is 3.01. The van der Waals surface area contributed by atoms with Gasteiger partial charge in [-0.05, 0) is 36.1 Å². The monoisotopic (exact) mass is 310 g/mol. The standard InChI is InChI=1S/C19H22N2O2/c1-13-6-2-5-9-16(13)19(23)21-12-18(22)17-10-14-7-3-4-8-15(14)11-20-17/h2-9,17-18,20,22H,10-12H2,1H3,(H,21,23)/t17-,18+/m0/s1. The first-order chi connectivity index (χ1) is 11.1. The Bertz CT molecular complexity index is 699. The van der Waals surface area contributed by atoms with E-state index in [0.29, 0.717) is 5.56 Å². The molecule has 0 aromatic heterocycles. The highest BCUT2D eigenvalue weighted by molar-refractivity contribution is 5.95. The van der Waals surface area contributed by atoms with Crippen LogP contribution in [-0.4, -0.2) is 29.7 Å². The number of benzene rings is 2. The topological polar surface area (TPSA) is 61.4 Å². The second-order valence-electron chi connectivity index (χ2n) is 6.05. The van der Waals surface area contributed by atoms with Crippen LogP contribution in [0.25, 0.3) is 0 Å². The lowest BCUT2D eigenvalue weighted by molar-refractivity contribution is 0.0869. The lowest BCUT2D eigenvalue weighted by Crippen LogP contribution is -2.49. The fourth-order valence-electron chi connectivity index (χ4n) is 3.01. The maximum atomic E-state index is 12.2. The third kappa shape index (κ3) is 3.60. The minimum absolute atomic E-state index is 0.0397. The molecule has 0 spiro atoms. The lowest BCUT2D eigenvalue weighted by atomic mass is 9.93. The van der Waals surface area contributed by atoms with Gasteiger partial charge < -0.3 is 15.7 Å². The molecule has 1 aliphatic heterocycles. The Labute approximate surface area is 136 Å². The molecule has 23 heavy (non-hydrogen) atoms. The second-order valence-corrected chi connectivity index (χ2v) is 6.05. The molecule has 0 radical (unpaired) electrons. The smallest absolute Gasteiger partial charge is 0.251 e. The highest BCUT2D eigenvalue weighted by Gasteiger charge is 2.24. The Kier molecular flexibility index (Phi) is 4.74. The van der Waals surface area contributed by atoms with Crippen LogP contribution in [0.2, 0.25) is 0 Å². The van der Waals surface area contributed by atoms with Gasteiger partial charge in [-0.25, -0.2) is 0 Å². The van der Waals surface area contributed by atoms with Crippen LogP contribution < -0.4 is 10.6 Å². The summed E-state index contributed by atoms with van der Waals surface area (Å²) in [7, 11) is 0. The molecule has 2 aromatic carbocycles. The van der Waals surface area contributed by atoms with Crippen molar-refractivity contribution >= 4 is 5.91 Å². The van der Waals surface area contributed by atoms with Crippen LogP contribution in [0.4, 0.5) is 0 Å². The van der Waals surface area contributed by atoms with E-state index in [1.807, 2.05) is 37.3 Å². The first-order valence-corrected chi connectivity index (χ1v) is 7.97. The van der Waals surface area contributed by atoms with Crippen molar-refractivity contribution in [2.24, 2.45) is 0 Å². The van der Waals surface area contributed by atoms with E-state index in [2.05, 4.69) is 22.8 Å². The summed E-state index contributed by atoms with van der Waals surface area (Å²) in [5, 5.41) is 16.6. The van der Waals surface area contributed by atoms with Crippen molar-refractivity contribution in [2.75, 3.05) is 6.54 Å². The molecule has 0 fully saturated rings. The van der Waals surface area contributed by atoms with E-state index in [1.165, 1.54) is 11.1 Å². The lowest BCUT2D eigenvalue weighted by Gasteiger charge is -2.30. The Morgan fingerprint density at radius 2 is 1.91 bits per heavy atom. The van der Waals surface area contributed by atoms with Crippen LogP contribution in [0.3, 0.4) is 0 Å². The van der Waals surface area contributed by atoms with Crippen molar-refractivity contribution in [3.05, 3.63) is 70.8 Å². The number of hydrogen-bond donors (Lipinski definition) is 3. The van der Waals surface area contributed by atoms with Crippen LogP contribution in [0.5, 0.6) is 0 Å². The Morgan fingerprint density at radius 3 is 2.70 bits per heavy atom. The highest BCUT2D eigenvalue weighted by Crippen LogP contribution is 2.17. The van der Waals surface area contributed by atoms with E-state index >= 15 is 0 Å². The molecule has 120 valence electrons. The summed E-state index contributed by atoms with van der Waals surface area (Å²) in [6.45, 7) is 2.90. The molecule has 0 aliphatic carbocycles. The maximum Gasteiger partial charge on any atom is 0.251 e. The summed E-state index contributed by atoms with van der Waals surface area (Å²) < 4.78 is 0. The molecule has 2 atom stereocenters. The molecule has 0 bridgehead atoms. The van der Waals surface area contributed by atoms with Crippen LogP contribution in [0, 0.1) is 6.92 Å². The van der Waals surface area contributed by atoms with E-state index in [4.69, 9.17) is 0 Å². The molecule has 2 aromatic rings. The van der Waals surface area contributed by atoms with E-state index in [0.717, 1.165) is 18.5 Å². The Balaban J connectivity index is 1.57. The van der Waals surface area contributed by atoms with Crippen LogP contribution in [-0.2, 0) is 13.0 Å². The van der Waals surface area contributed by atoms with Gasteiger partial charge in [-0.3, -0.25) is 4.79 Å². The third-order valence-corrected chi connectivity index (χ3v) is 4.44. The average molecular weight is 310 g/mol. The number of amides is 1. The SMILES string of the molecule is Cc1ccccc1C(=O)NC[C@@H](O)[C@@H]1Cc2ccccc2CN1. The summed E-state index contributed by atoms with van der Waals surface area (Å²) in [5.41, 5.74) is 4.13. The first-order valence-electron chi connectivity index (χ1n) is 7.97.